The second-order valence-electron chi connectivity index (χ2n) is 13.3. The molecule has 0 aromatic carbocycles. The van der Waals surface area contributed by atoms with Crippen LogP contribution in [0.4, 0.5) is 0 Å². The molecular formula is C27H45O8P. The number of aliphatic hydroxyl groups is 3. The quantitative estimate of drug-likeness (QED) is 0.313. The van der Waals surface area contributed by atoms with Gasteiger partial charge in [0.15, 0.2) is 5.78 Å². The van der Waals surface area contributed by atoms with Crippen molar-refractivity contribution in [1.29, 1.82) is 0 Å². The van der Waals surface area contributed by atoms with Crippen molar-refractivity contribution in [2.24, 2.45) is 34.5 Å². The minimum absolute atomic E-state index is 0.00422. The minimum atomic E-state index is -4.76. The van der Waals surface area contributed by atoms with Gasteiger partial charge in [0, 0.05) is 11.3 Å². The molecule has 0 amide bonds. The van der Waals surface area contributed by atoms with Gasteiger partial charge in [0.25, 0.3) is 0 Å². The van der Waals surface area contributed by atoms with Gasteiger partial charge in [-0.2, -0.15) is 0 Å². The van der Waals surface area contributed by atoms with E-state index < -0.39 is 36.6 Å². The van der Waals surface area contributed by atoms with E-state index in [0.29, 0.717) is 32.1 Å². The Kier molecular flexibility index (Phi) is 7.30. The maximum atomic E-state index is 13.3. The highest BCUT2D eigenvalue weighted by Gasteiger charge is 2.66. The number of aliphatic hydroxyl groups excluding tert-OH is 1. The minimum Gasteiger partial charge on any atom is -0.393 e. The molecule has 0 saturated heterocycles. The predicted molar refractivity (Wildman–Crippen MR) is 135 cm³/mol. The van der Waals surface area contributed by atoms with Gasteiger partial charge in [-0.15, -0.1) is 0 Å². The maximum absolute atomic E-state index is 13.3. The summed E-state index contributed by atoms with van der Waals surface area (Å²) in [6.45, 7) is 9.47. The van der Waals surface area contributed by atoms with E-state index in [4.69, 9.17) is 4.52 Å². The van der Waals surface area contributed by atoms with E-state index in [0.717, 1.165) is 24.8 Å². The van der Waals surface area contributed by atoms with Crippen LogP contribution in [-0.4, -0.2) is 54.3 Å². The van der Waals surface area contributed by atoms with E-state index in [9.17, 15) is 34.5 Å². The Morgan fingerprint density at radius 1 is 1.14 bits per heavy atom. The number of phosphoric acid groups is 1. The molecule has 9 atom stereocenters. The highest BCUT2D eigenvalue weighted by Crippen LogP contribution is 2.68. The van der Waals surface area contributed by atoms with Gasteiger partial charge in [0.2, 0.25) is 0 Å². The average molecular weight is 529 g/mol. The van der Waals surface area contributed by atoms with Crippen LogP contribution in [0.1, 0.15) is 92.4 Å². The van der Waals surface area contributed by atoms with Crippen molar-refractivity contribution in [2.45, 2.75) is 116 Å². The number of rotatable bonds is 7. The Morgan fingerprint density at radius 2 is 1.81 bits per heavy atom. The molecule has 8 nitrogen and oxygen atoms in total. The fourth-order valence-electron chi connectivity index (χ4n) is 8.54. The van der Waals surface area contributed by atoms with Crippen molar-refractivity contribution < 1.29 is 39.0 Å². The second-order valence-corrected chi connectivity index (χ2v) is 14.5. The van der Waals surface area contributed by atoms with Gasteiger partial charge in [-0.3, -0.25) is 9.32 Å². The van der Waals surface area contributed by atoms with E-state index in [1.54, 1.807) is 19.9 Å². The maximum Gasteiger partial charge on any atom is 0.469 e. The van der Waals surface area contributed by atoms with E-state index in [-0.39, 0.29) is 41.3 Å². The lowest BCUT2D eigenvalue weighted by Crippen LogP contribution is -2.59. The van der Waals surface area contributed by atoms with Crippen LogP contribution < -0.4 is 0 Å². The molecule has 0 spiro atoms. The lowest BCUT2D eigenvalue weighted by molar-refractivity contribution is -0.142. The highest BCUT2D eigenvalue weighted by atomic mass is 31.2. The van der Waals surface area contributed by atoms with Crippen LogP contribution in [0.2, 0.25) is 0 Å². The fraction of sp³-hybridized carbons (Fsp3) is 0.889. The van der Waals surface area contributed by atoms with Gasteiger partial charge in [-0.1, -0.05) is 20.8 Å². The molecule has 5 N–H and O–H groups in total. The summed E-state index contributed by atoms with van der Waals surface area (Å²) >= 11 is 0. The van der Waals surface area contributed by atoms with Crippen LogP contribution in [0.5, 0.6) is 0 Å². The third-order valence-corrected chi connectivity index (χ3v) is 11.2. The fourth-order valence-corrected chi connectivity index (χ4v) is 9.19. The molecular weight excluding hydrogens is 483 g/mol. The molecule has 0 aromatic heterocycles. The summed E-state index contributed by atoms with van der Waals surface area (Å²) in [6.07, 6.45) is 5.69. The third-order valence-electron chi connectivity index (χ3n) is 10.7. The van der Waals surface area contributed by atoms with E-state index >= 15 is 0 Å². The molecule has 36 heavy (non-hydrogen) atoms. The summed E-state index contributed by atoms with van der Waals surface area (Å²) in [4.78, 5) is 32.5. The zero-order valence-corrected chi connectivity index (χ0v) is 23.2. The number of fused-ring (bicyclic) bond motifs is 5. The summed E-state index contributed by atoms with van der Waals surface area (Å²) < 4.78 is 17.1. The number of ketones is 1. The number of carbonyl (C=O) groups is 1. The van der Waals surface area contributed by atoms with Crippen molar-refractivity contribution in [2.75, 3.05) is 0 Å². The summed E-state index contributed by atoms with van der Waals surface area (Å²) in [6, 6.07) is 0. The Bertz CT molecular complexity index is 952. The molecule has 3 fully saturated rings. The summed E-state index contributed by atoms with van der Waals surface area (Å²) in [5.74, 6) is -0.483. The Labute approximate surface area is 214 Å². The average Bonchev–Trinajstić information content (AvgIpc) is 3.02. The lowest BCUT2D eigenvalue weighted by Gasteiger charge is -2.60. The number of allylic oxidation sites excluding steroid dienone is 1. The topological polar surface area (TPSA) is 145 Å². The SMILES string of the molecule is CC(C(CCC(C)(C)O)OP(=O)(O)O)[C@H]1CC[C@@]2(O)C3=CC(=O)[C@@H]4C[C@@H](O)CC[C@]4(C)[C@H]3CC[C@]12C. The van der Waals surface area contributed by atoms with Gasteiger partial charge in [-0.05, 0) is 106 Å². The Balaban J connectivity index is 1.65. The summed E-state index contributed by atoms with van der Waals surface area (Å²) in [5.41, 5.74) is -2.19. The molecule has 9 heteroatoms. The van der Waals surface area contributed by atoms with Crippen molar-refractivity contribution >= 4 is 13.6 Å². The standard InChI is InChI=1S/C27H45O8P/c1-16(23(35-36(32,33)34)9-10-24(2,3)30)18-8-13-27(31)20-15-22(29)21-14-17(28)6-11-25(21,4)19(20)7-12-26(18,27)5/h15-19,21,23,28,30-31H,6-14H2,1-5H3,(H2,32,33,34)/t16?,17-,18+,19-,21-,23?,25+,26+,27+/m0/s1. The molecule has 0 radical (unpaired) electrons. The first-order chi connectivity index (χ1) is 16.4. The molecule has 3 saturated carbocycles. The van der Waals surface area contributed by atoms with Crippen molar-refractivity contribution in [1.82, 2.24) is 0 Å². The summed E-state index contributed by atoms with van der Waals surface area (Å²) in [5, 5.41) is 32.8. The van der Waals surface area contributed by atoms with Crippen LogP contribution >= 0.6 is 7.82 Å². The Hall–Kier alpha value is -0.600. The van der Waals surface area contributed by atoms with Crippen LogP contribution in [0.3, 0.4) is 0 Å². The third kappa shape index (κ3) is 4.81. The first-order valence-corrected chi connectivity index (χ1v) is 15.1. The van der Waals surface area contributed by atoms with Crippen LogP contribution in [0.15, 0.2) is 11.6 Å². The number of hydrogen-bond donors (Lipinski definition) is 5. The molecule has 2 unspecified atom stereocenters. The van der Waals surface area contributed by atoms with Gasteiger partial charge in [-0.25, -0.2) is 4.57 Å². The molecule has 0 aromatic rings. The molecule has 4 rings (SSSR count). The molecule has 4 aliphatic rings. The molecule has 4 aliphatic carbocycles. The number of hydrogen-bond acceptors (Lipinski definition) is 6. The first-order valence-electron chi connectivity index (χ1n) is 13.5. The highest BCUT2D eigenvalue weighted by molar-refractivity contribution is 7.46. The number of carbonyl (C=O) groups excluding carboxylic acids is 1. The smallest absolute Gasteiger partial charge is 0.393 e. The van der Waals surface area contributed by atoms with E-state index in [1.165, 1.54) is 0 Å². The predicted octanol–water partition coefficient (Wildman–Crippen LogP) is 3.89. The van der Waals surface area contributed by atoms with E-state index in [2.05, 4.69) is 13.8 Å². The Morgan fingerprint density at radius 3 is 2.42 bits per heavy atom. The van der Waals surface area contributed by atoms with Crippen LogP contribution in [-0.2, 0) is 13.9 Å². The van der Waals surface area contributed by atoms with Gasteiger partial charge < -0.3 is 25.1 Å². The van der Waals surface area contributed by atoms with Crippen LogP contribution in [0.25, 0.3) is 0 Å². The zero-order chi connectivity index (χ0) is 26.9. The largest absolute Gasteiger partial charge is 0.469 e. The van der Waals surface area contributed by atoms with Crippen molar-refractivity contribution in [3.05, 3.63) is 11.6 Å². The van der Waals surface area contributed by atoms with Gasteiger partial charge in [0.1, 0.15) is 0 Å². The molecule has 206 valence electrons. The second kappa shape index (κ2) is 9.25. The van der Waals surface area contributed by atoms with Crippen molar-refractivity contribution in [3.63, 3.8) is 0 Å². The van der Waals surface area contributed by atoms with Gasteiger partial charge >= 0.3 is 7.82 Å². The van der Waals surface area contributed by atoms with E-state index in [1.807, 2.05) is 6.92 Å². The monoisotopic (exact) mass is 528 g/mol. The normalized spacial score (nSPS) is 42.7. The first kappa shape index (κ1) is 28.4. The zero-order valence-electron chi connectivity index (χ0n) is 22.3. The number of phosphoric ester groups is 1. The summed E-state index contributed by atoms with van der Waals surface area (Å²) in [7, 11) is -4.76. The van der Waals surface area contributed by atoms with Crippen LogP contribution in [0, 0.1) is 34.5 Å². The molecule has 0 heterocycles. The lowest BCUT2D eigenvalue weighted by atomic mass is 9.46. The molecule has 0 bridgehead atoms. The van der Waals surface area contributed by atoms with Gasteiger partial charge in [0.05, 0.1) is 23.4 Å². The van der Waals surface area contributed by atoms with Crippen molar-refractivity contribution in [3.8, 4) is 0 Å². The molecule has 0 aliphatic heterocycles.